The van der Waals surface area contributed by atoms with Gasteiger partial charge in [0.1, 0.15) is 24.2 Å². The van der Waals surface area contributed by atoms with Crippen molar-refractivity contribution in [2.45, 2.75) is 13.0 Å². The van der Waals surface area contributed by atoms with Crippen molar-refractivity contribution < 1.29 is 9.84 Å². The third kappa shape index (κ3) is 4.48. The van der Waals surface area contributed by atoms with Gasteiger partial charge in [0.2, 0.25) is 0 Å². The van der Waals surface area contributed by atoms with Gasteiger partial charge in [-0.3, -0.25) is 0 Å². The van der Waals surface area contributed by atoms with Crippen LogP contribution in [0, 0.1) is 11.8 Å². The summed E-state index contributed by atoms with van der Waals surface area (Å²) in [5.41, 5.74) is 2.71. The lowest BCUT2D eigenvalue weighted by Gasteiger charge is -2.05. The van der Waals surface area contributed by atoms with Crippen molar-refractivity contribution in [2.75, 3.05) is 6.61 Å². The number of aliphatic hydroxyl groups excluding tert-OH is 1. The average Bonchev–Trinajstić information content (AvgIpc) is 2.52. The first-order chi connectivity index (χ1) is 10.2. The Labute approximate surface area is 124 Å². The minimum Gasteiger partial charge on any atom is -0.490 e. The summed E-state index contributed by atoms with van der Waals surface area (Å²) in [4.78, 5) is 4.27. The van der Waals surface area contributed by atoms with Crippen molar-refractivity contribution in [1.29, 1.82) is 0 Å². The Morgan fingerprint density at radius 2 is 1.95 bits per heavy atom. The third-order valence-corrected chi connectivity index (χ3v) is 2.73. The van der Waals surface area contributed by atoms with Crippen molar-refractivity contribution in [2.24, 2.45) is 0 Å². The molecule has 1 atom stereocenters. The van der Waals surface area contributed by atoms with Gasteiger partial charge in [-0.05, 0) is 36.6 Å². The van der Waals surface area contributed by atoms with E-state index < -0.39 is 6.10 Å². The first-order valence-corrected chi connectivity index (χ1v) is 6.69. The highest BCUT2D eigenvalue weighted by molar-refractivity contribution is 5.63. The highest BCUT2D eigenvalue weighted by Gasteiger charge is 1.99. The molecule has 1 heterocycles. The van der Waals surface area contributed by atoms with Crippen molar-refractivity contribution in [3.63, 3.8) is 0 Å². The molecule has 0 bridgehead atoms. The van der Waals surface area contributed by atoms with E-state index in [1.165, 1.54) is 0 Å². The molecule has 2 aromatic rings. The van der Waals surface area contributed by atoms with Gasteiger partial charge in [-0.2, -0.15) is 0 Å². The first-order valence-electron chi connectivity index (χ1n) is 6.69. The smallest absolute Gasteiger partial charge is 0.119 e. The zero-order valence-corrected chi connectivity index (χ0v) is 11.9. The number of ether oxygens (including phenoxy) is 1. The van der Waals surface area contributed by atoms with E-state index in [9.17, 15) is 0 Å². The van der Waals surface area contributed by atoms with E-state index in [0.29, 0.717) is 12.3 Å². The molecule has 0 radical (unpaired) electrons. The normalized spacial score (nSPS) is 11.1. The molecule has 2 rings (SSSR count). The summed E-state index contributed by atoms with van der Waals surface area (Å²) < 4.78 is 5.44. The second-order valence-electron chi connectivity index (χ2n) is 4.50. The Balaban J connectivity index is 2.12. The molecule has 0 aliphatic carbocycles. The standard InChI is InChI=1S/C18H17NO2/c1-3-12-21-18-10-6-15(7-11-18)16-5-9-17(19-13-16)8-4-14(2)20/h3,5-7,9-11,13-14,20H,1,12H2,2H3. The Kier molecular flexibility index (Phi) is 5.14. The summed E-state index contributed by atoms with van der Waals surface area (Å²) in [5, 5.41) is 9.11. The van der Waals surface area contributed by atoms with Crippen LogP contribution < -0.4 is 4.74 Å². The van der Waals surface area contributed by atoms with E-state index in [-0.39, 0.29) is 0 Å². The number of aromatic nitrogens is 1. The number of hydrogen-bond donors (Lipinski definition) is 1. The summed E-state index contributed by atoms with van der Waals surface area (Å²) in [7, 11) is 0. The molecule has 0 saturated carbocycles. The van der Waals surface area contributed by atoms with Gasteiger partial charge in [-0.1, -0.05) is 36.8 Å². The number of benzene rings is 1. The fraction of sp³-hybridized carbons (Fsp3) is 0.167. The van der Waals surface area contributed by atoms with E-state index in [1.807, 2.05) is 36.4 Å². The Hall–Kier alpha value is -2.57. The molecule has 106 valence electrons. The summed E-state index contributed by atoms with van der Waals surface area (Å²) in [6.07, 6.45) is 2.84. The molecule has 3 nitrogen and oxygen atoms in total. The summed E-state index contributed by atoms with van der Waals surface area (Å²) in [6.45, 7) is 5.73. The number of hydrogen-bond acceptors (Lipinski definition) is 3. The van der Waals surface area contributed by atoms with Crippen LogP contribution in [0.2, 0.25) is 0 Å². The van der Waals surface area contributed by atoms with Gasteiger partial charge in [0.05, 0.1) is 0 Å². The number of pyridine rings is 1. The van der Waals surface area contributed by atoms with Crippen molar-refractivity contribution in [3.05, 3.63) is 60.9 Å². The van der Waals surface area contributed by atoms with Gasteiger partial charge >= 0.3 is 0 Å². The molecule has 0 fully saturated rings. The predicted molar refractivity (Wildman–Crippen MR) is 83.9 cm³/mol. The molecule has 1 N–H and O–H groups in total. The molecule has 0 amide bonds. The summed E-state index contributed by atoms with van der Waals surface area (Å²) in [6, 6.07) is 11.6. The number of aliphatic hydroxyl groups is 1. The first kappa shape index (κ1) is 14.8. The van der Waals surface area contributed by atoms with E-state index in [4.69, 9.17) is 9.84 Å². The van der Waals surface area contributed by atoms with Gasteiger partial charge in [0.15, 0.2) is 0 Å². The zero-order valence-electron chi connectivity index (χ0n) is 11.9. The van der Waals surface area contributed by atoms with Crippen LogP contribution in [0.3, 0.4) is 0 Å². The molecule has 1 unspecified atom stereocenters. The highest BCUT2D eigenvalue weighted by atomic mass is 16.5. The number of rotatable bonds is 4. The van der Waals surface area contributed by atoms with E-state index >= 15 is 0 Å². The highest BCUT2D eigenvalue weighted by Crippen LogP contribution is 2.21. The molecule has 21 heavy (non-hydrogen) atoms. The van der Waals surface area contributed by atoms with Gasteiger partial charge in [0.25, 0.3) is 0 Å². The van der Waals surface area contributed by atoms with Crippen LogP contribution in [0.1, 0.15) is 12.6 Å². The minimum absolute atomic E-state index is 0.498. The second-order valence-corrected chi connectivity index (χ2v) is 4.50. The quantitative estimate of drug-likeness (QED) is 0.691. The van der Waals surface area contributed by atoms with Crippen molar-refractivity contribution in [3.8, 4) is 28.7 Å². The maximum Gasteiger partial charge on any atom is 0.119 e. The summed E-state index contributed by atoms with van der Waals surface area (Å²) >= 11 is 0. The van der Waals surface area contributed by atoms with Gasteiger partial charge in [-0.15, -0.1) is 0 Å². The predicted octanol–water partition coefficient (Wildman–Crippen LogP) is 3.05. The van der Waals surface area contributed by atoms with E-state index in [2.05, 4.69) is 23.4 Å². The van der Waals surface area contributed by atoms with E-state index in [1.54, 1.807) is 19.2 Å². The van der Waals surface area contributed by atoms with Crippen LogP contribution in [-0.4, -0.2) is 22.8 Å². The molecule has 0 saturated heterocycles. The van der Waals surface area contributed by atoms with Crippen LogP contribution in [0.4, 0.5) is 0 Å². The van der Waals surface area contributed by atoms with Gasteiger partial charge in [0, 0.05) is 11.8 Å². The second kappa shape index (κ2) is 7.28. The molecular weight excluding hydrogens is 262 g/mol. The lowest BCUT2D eigenvalue weighted by molar-refractivity contribution is 0.253. The average molecular weight is 279 g/mol. The largest absolute Gasteiger partial charge is 0.490 e. The monoisotopic (exact) mass is 279 g/mol. The molecule has 3 heteroatoms. The van der Waals surface area contributed by atoms with Gasteiger partial charge < -0.3 is 9.84 Å². The number of nitrogens with zero attached hydrogens (tertiary/aromatic N) is 1. The third-order valence-electron chi connectivity index (χ3n) is 2.73. The zero-order chi connectivity index (χ0) is 15.1. The molecule has 0 spiro atoms. The van der Waals surface area contributed by atoms with Crippen LogP contribution in [0.15, 0.2) is 55.3 Å². The van der Waals surface area contributed by atoms with Crippen molar-refractivity contribution >= 4 is 0 Å². The minimum atomic E-state index is -0.644. The molecule has 1 aromatic heterocycles. The fourth-order valence-electron chi connectivity index (χ4n) is 1.72. The molecule has 1 aromatic carbocycles. The van der Waals surface area contributed by atoms with Gasteiger partial charge in [-0.25, -0.2) is 4.98 Å². The van der Waals surface area contributed by atoms with Crippen LogP contribution >= 0.6 is 0 Å². The molecule has 0 aliphatic heterocycles. The lowest BCUT2D eigenvalue weighted by atomic mass is 10.1. The molecule has 0 aliphatic rings. The lowest BCUT2D eigenvalue weighted by Crippen LogP contribution is -1.93. The Morgan fingerprint density at radius 3 is 2.52 bits per heavy atom. The fourth-order valence-corrected chi connectivity index (χ4v) is 1.72. The Morgan fingerprint density at radius 1 is 1.24 bits per heavy atom. The Bertz CT molecular complexity index is 646. The SMILES string of the molecule is C=CCOc1ccc(-c2ccc(C#CC(C)O)nc2)cc1. The molecular formula is C18H17NO2. The van der Waals surface area contributed by atoms with Crippen LogP contribution in [0.5, 0.6) is 5.75 Å². The van der Waals surface area contributed by atoms with Crippen LogP contribution in [0.25, 0.3) is 11.1 Å². The van der Waals surface area contributed by atoms with Crippen LogP contribution in [-0.2, 0) is 0 Å². The van der Waals surface area contributed by atoms with E-state index in [0.717, 1.165) is 16.9 Å². The summed E-state index contributed by atoms with van der Waals surface area (Å²) in [5.74, 6) is 6.29. The topological polar surface area (TPSA) is 42.4 Å². The maximum absolute atomic E-state index is 9.11. The van der Waals surface area contributed by atoms with Crippen molar-refractivity contribution in [1.82, 2.24) is 4.98 Å². The maximum atomic E-state index is 9.11.